The lowest BCUT2D eigenvalue weighted by molar-refractivity contribution is -0.141. The Morgan fingerprint density at radius 1 is 1.52 bits per heavy atom. The van der Waals surface area contributed by atoms with Crippen LogP contribution in [0, 0.1) is 5.92 Å². The highest BCUT2D eigenvalue weighted by Gasteiger charge is 2.36. The van der Waals surface area contributed by atoms with Crippen LogP contribution in [0.4, 0.5) is 0 Å². The average Bonchev–Trinajstić information content (AvgIpc) is 2.99. The number of aliphatic carboxylic acids is 1. The molecule has 6 heteroatoms. The Bertz CT molecular complexity index is 548. The van der Waals surface area contributed by atoms with Crippen molar-refractivity contribution in [2.45, 2.75) is 31.7 Å². The molecule has 0 aromatic carbocycles. The molecule has 1 heterocycles. The topological polar surface area (TPSA) is 99.8 Å². The van der Waals surface area contributed by atoms with Crippen LogP contribution in [0.2, 0.25) is 0 Å². The first-order valence-corrected chi connectivity index (χ1v) is 6.93. The molecule has 21 heavy (non-hydrogen) atoms. The molecule has 114 valence electrons. The van der Waals surface area contributed by atoms with Crippen LogP contribution in [0.3, 0.4) is 0 Å². The third kappa shape index (κ3) is 4.19. The second-order valence-electron chi connectivity index (χ2n) is 5.30. The molecule has 0 spiro atoms. The van der Waals surface area contributed by atoms with Gasteiger partial charge in [-0.05, 0) is 30.5 Å². The van der Waals surface area contributed by atoms with Gasteiger partial charge in [-0.1, -0.05) is 6.92 Å². The number of aliphatic hydroxyl groups excluding tert-OH is 1. The standard InChI is InChI=1S/C15H19NO5/c1-9-8-11(9)13-4-2-10(21-13)3-5-14(18)16-12(6-7-17)15(19)20/h2-5,9,11-12,17H,6-8H2,1H3,(H,16,18)(H,19,20)/b5-3+/t9?,11?,12-/m0/s1. The molecule has 1 amide bonds. The molecule has 3 N–H and O–H groups in total. The number of hydrogen-bond donors (Lipinski definition) is 3. The Kier molecular flexibility index (Phi) is 4.80. The van der Waals surface area contributed by atoms with Crippen LogP contribution in [0.5, 0.6) is 0 Å². The highest BCUT2D eigenvalue weighted by molar-refractivity contribution is 5.94. The summed E-state index contributed by atoms with van der Waals surface area (Å²) in [5.74, 6) is 0.898. The van der Waals surface area contributed by atoms with Crippen molar-refractivity contribution in [3.05, 3.63) is 29.7 Å². The van der Waals surface area contributed by atoms with Gasteiger partial charge in [-0.25, -0.2) is 4.79 Å². The van der Waals surface area contributed by atoms with Crippen LogP contribution in [0.25, 0.3) is 6.08 Å². The van der Waals surface area contributed by atoms with Crippen LogP contribution in [-0.4, -0.2) is 34.7 Å². The highest BCUT2D eigenvalue weighted by atomic mass is 16.4. The van der Waals surface area contributed by atoms with Gasteiger partial charge in [-0.3, -0.25) is 4.79 Å². The van der Waals surface area contributed by atoms with Crippen molar-refractivity contribution >= 4 is 18.0 Å². The van der Waals surface area contributed by atoms with Gasteiger partial charge in [0.1, 0.15) is 17.6 Å². The van der Waals surface area contributed by atoms with Gasteiger partial charge >= 0.3 is 5.97 Å². The Morgan fingerprint density at radius 2 is 2.24 bits per heavy atom. The van der Waals surface area contributed by atoms with Crippen molar-refractivity contribution in [1.82, 2.24) is 5.32 Å². The molecular formula is C15H19NO5. The van der Waals surface area contributed by atoms with E-state index in [0.29, 0.717) is 17.6 Å². The predicted molar refractivity (Wildman–Crippen MR) is 75.5 cm³/mol. The van der Waals surface area contributed by atoms with Gasteiger partial charge in [-0.2, -0.15) is 0 Å². The van der Waals surface area contributed by atoms with E-state index in [2.05, 4.69) is 12.2 Å². The lowest BCUT2D eigenvalue weighted by Crippen LogP contribution is -2.40. The van der Waals surface area contributed by atoms with Crippen LogP contribution in [0.15, 0.2) is 22.6 Å². The number of rotatable bonds is 7. The minimum atomic E-state index is -1.17. The molecule has 1 fully saturated rings. The molecule has 1 aliphatic rings. The minimum absolute atomic E-state index is 0.0284. The van der Waals surface area contributed by atoms with Gasteiger partial charge in [0.15, 0.2) is 0 Å². The second kappa shape index (κ2) is 6.58. The molecule has 2 unspecified atom stereocenters. The maximum absolute atomic E-state index is 11.6. The largest absolute Gasteiger partial charge is 0.480 e. The van der Waals surface area contributed by atoms with E-state index in [-0.39, 0.29) is 13.0 Å². The number of carboxylic acids is 1. The Morgan fingerprint density at radius 3 is 2.81 bits per heavy atom. The fraction of sp³-hybridized carbons (Fsp3) is 0.467. The SMILES string of the molecule is CC1CC1c1ccc(/C=C/C(=O)N[C@@H](CCO)C(=O)O)o1. The van der Waals surface area contributed by atoms with Gasteiger partial charge in [0, 0.05) is 25.0 Å². The summed E-state index contributed by atoms with van der Waals surface area (Å²) in [4.78, 5) is 22.5. The van der Waals surface area contributed by atoms with E-state index in [4.69, 9.17) is 14.6 Å². The highest BCUT2D eigenvalue weighted by Crippen LogP contribution is 2.47. The lowest BCUT2D eigenvalue weighted by Gasteiger charge is -2.10. The summed E-state index contributed by atoms with van der Waals surface area (Å²) in [5, 5.41) is 19.9. The van der Waals surface area contributed by atoms with Crippen molar-refractivity contribution in [3.63, 3.8) is 0 Å². The van der Waals surface area contributed by atoms with Crippen molar-refractivity contribution in [1.29, 1.82) is 0 Å². The molecule has 1 aromatic heterocycles. The summed E-state index contributed by atoms with van der Waals surface area (Å²) in [5.41, 5.74) is 0. The first kappa shape index (κ1) is 15.3. The zero-order chi connectivity index (χ0) is 15.4. The summed E-state index contributed by atoms with van der Waals surface area (Å²) in [6.45, 7) is 1.85. The van der Waals surface area contributed by atoms with Crippen molar-refractivity contribution in [2.75, 3.05) is 6.61 Å². The summed E-state index contributed by atoms with van der Waals surface area (Å²) in [7, 11) is 0. The molecule has 1 aromatic rings. The van der Waals surface area contributed by atoms with Crippen molar-refractivity contribution in [3.8, 4) is 0 Å². The van der Waals surface area contributed by atoms with Crippen molar-refractivity contribution in [2.24, 2.45) is 5.92 Å². The fourth-order valence-electron chi connectivity index (χ4n) is 2.14. The molecule has 6 nitrogen and oxygen atoms in total. The zero-order valence-electron chi connectivity index (χ0n) is 11.8. The summed E-state index contributed by atoms with van der Waals surface area (Å²) >= 11 is 0. The molecule has 3 atom stereocenters. The minimum Gasteiger partial charge on any atom is -0.480 e. The Hall–Kier alpha value is -2.08. The molecule has 2 rings (SSSR count). The summed E-state index contributed by atoms with van der Waals surface area (Å²) in [6.07, 6.45) is 3.83. The van der Waals surface area contributed by atoms with Gasteiger partial charge < -0.3 is 19.9 Å². The van der Waals surface area contributed by atoms with E-state index in [1.807, 2.05) is 6.07 Å². The van der Waals surface area contributed by atoms with Gasteiger partial charge in [0.05, 0.1) is 0 Å². The maximum atomic E-state index is 11.6. The van der Waals surface area contributed by atoms with Crippen LogP contribution in [0.1, 0.15) is 37.2 Å². The average molecular weight is 293 g/mol. The molecular weight excluding hydrogens is 274 g/mol. The van der Waals surface area contributed by atoms with E-state index < -0.39 is 17.9 Å². The molecule has 0 saturated heterocycles. The number of amides is 1. The smallest absolute Gasteiger partial charge is 0.326 e. The predicted octanol–water partition coefficient (Wildman–Crippen LogP) is 1.37. The number of carbonyl (C=O) groups is 2. The number of carbonyl (C=O) groups excluding carboxylic acids is 1. The summed E-state index contributed by atoms with van der Waals surface area (Å²) in [6, 6.07) is 2.59. The third-order valence-electron chi connectivity index (χ3n) is 3.55. The number of hydrogen-bond acceptors (Lipinski definition) is 4. The van der Waals surface area contributed by atoms with Gasteiger partial charge in [0.25, 0.3) is 0 Å². The monoisotopic (exact) mass is 293 g/mol. The first-order chi connectivity index (χ1) is 10.0. The number of aliphatic hydroxyl groups is 1. The maximum Gasteiger partial charge on any atom is 0.326 e. The van der Waals surface area contributed by atoms with Crippen LogP contribution < -0.4 is 5.32 Å². The fourth-order valence-corrected chi connectivity index (χ4v) is 2.14. The second-order valence-corrected chi connectivity index (χ2v) is 5.30. The van der Waals surface area contributed by atoms with E-state index >= 15 is 0 Å². The number of furan rings is 1. The quantitative estimate of drug-likeness (QED) is 0.659. The molecule has 0 aliphatic heterocycles. The first-order valence-electron chi connectivity index (χ1n) is 6.93. The summed E-state index contributed by atoms with van der Waals surface area (Å²) < 4.78 is 5.61. The third-order valence-corrected chi connectivity index (χ3v) is 3.55. The normalized spacial score (nSPS) is 22.2. The molecule has 0 bridgehead atoms. The van der Waals surface area contributed by atoms with Gasteiger partial charge in [0.2, 0.25) is 5.91 Å². The van der Waals surface area contributed by atoms with Gasteiger partial charge in [-0.15, -0.1) is 0 Å². The van der Waals surface area contributed by atoms with E-state index in [1.165, 1.54) is 12.2 Å². The zero-order valence-corrected chi connectivity index (χ0v) is 11.8. The van der Waals surface area contributed by atoms with Crippen LogP contribution in [-0.2, 0) is 9.59 Å². The van der Waals surface area contributed by atoms with E-state index in [1.54, 1.807) is 6.07 Å². The van der Waals surface area contributed by atoms with Crippen molar-refractivity contribution < 1.29 is 24.2 Å². The lowest BCUT2D eigenvalue weighted by atomic mass is 10.2. The molecule has 1 aliphatic carbocycles. The molecule has 1 saturated carbocycles. The number of carboxylic acid groups (broad SMARTS) is 1. The molecule has 0 radical (unpaired) electrons. The van der Waals surface area contributed by atoms with E-state index in [9.17, 15) is 9.59 Å². The van der Waals surface area contributed by atoms with Crippen LogP contribution >= 0.6 is 0 Å². The Labute approximate surface area is 122 Å². The van der Waals surface area contributed by atoms with E-state index in [0.717, 1.165) is 12.2 Å². The Balaban J connectivity index is 1.89. The number of nitrogens with one attached hydrogen (secondary N) is 1.